The molecule has 3 heteroatoms. The molecule has 1 aromatic carbocycles. The zero-order valence-corrected chi connectivity index (χ0v) is 9.61. The summed E-state index contributed by atoms with van der Waals surface area (Å²) in [5.41, 5.74) is 0.600. The SMILES string of the molecule is CCCCC(O)[C@H](O)c1ccccc1Cl. The lowest BCUT2D eigenvalue weighted by Gasteiger charge is -2.18. The number of rotatable bonds is 5. The lowest BCUT2D eigenvalue weighted by atomic mass is 10.0. The van der Waals surface area contributed by atoms with Crippen molar-refractivity contribution in [2.24, 2.45) is 0 Å². The van der Waals surface area contributed by atoms with E-state index in [2.05, 4.69) is 6.92 Å². The van der Waals surface area contributed by atoms with E-state index in [4.69, 9.17) is 11.6 Å². The maximum absolute atomic E-state index is 9.86. The first-order valence-corrected chi connectivity index (χ1v) is 5.65. The Morgan fingerprint density at radius 3 is 2.53 bits per heavy atom. The molecule has 0 heterocycles. The van der Waals surface area contributed by atoms with Crippen molar-refractivity contribution in [3.8, 4) is 0 Å². The molecule has 0 aliphatic rings. The smallest absolute Gasteiger partial charge is 0.106 e. The quantitative estimate of drug-likeness (QED) is 0.814. The van der Waals surface area contributed by atoms with Crippen LogP contribution in [-0.2, 0) is 0 Å². The Morgan fingerprint density at radius 2 is 1.93 bits per heavy atom. The molecule has 2 nitrogen and oxygen atoms in total. The van der Waals surface area contributed by atoms with Crippen molar-refractivity contribution >= 4 is 11.6 Å². The van der Waals surface area contributed by atoms with Crippen LogP contribution in [0.1, 0.15) is 37.9 Å². The van der Waals surface area contributed by atoms with E-state index in [1.807, 2.05) is 0 Å². The van der Waals surface area contributed by atoms with Crippen molar-refractivity contribution in [1.82, 2.24) is 0 Å². The van der Waals surface area contributed by atoms with Crippen LogP contribution < -0.4 is 0 Å². The van der Waals surface area contributed by atoms with Gasteiger partial charge in [0.25, 0.3) is 0 Å². The van der Waals surface area contributed by atoms with E-state index in [1.165, 1.54) is 0 Å². The van der Waals surface area contributed by atoms with Crippen LogP contribution in [-0.4, -0.2) is 16.3 Å². The van der Waals surface area contributed by atoms with Crippen LogP contribution in [0.2, 0.25) is 5.02 Å². The number of hydrogen-bond acceptors (Lipinski definition) is 2. The zero-order valence-electron chi connectivity index (χ0n) is 8.86. The van der Waals surface area contributed by atoms with Gasteiger partial charge in [-0.2, -0.15) is 0 Å². The highest BCUT2D eigenvalue weighted by Gasteiger charge is 2.19. The average molecular weight is 229 g/mol. The highest BCUT2D eigenvalue weighted by atomic mass is 35.5. The Hall–Kier alpha value is -0.570. The normalized spacial score (nSPS) is 14.9. The molecule has 0 aliphatic carbocycles. The molecule has 84 valence electrons. The molecule has 0 amide bonds. The lowest BCUT2D eigenvalue weighted by molar-refractivity contribution is 0.0123. The van der Waals surface area contributed by atoms with Crippen molar-refractivity contribution in [3.63, 3.8) is 0 Å². The number of benzene rings is 1. The van der Waals surface area contributed by atoms with E-state index in [0.717, 1.165) is 12.8 Å². The number of aliphatic hydroxyl groups excluding tert-OH is 2. The first kappa shape index (κ1) is 12.5. The third-order valence-electron chi connectivity index (χ3n) is 2.44. The molecule has 0 saturated carbocycles. The summed E-state index contributed by atoms with van der Waals surface area (Å²) in [6, 6.07) is 7.06. The van der Waals surface area contributed by atoms with Crippen LogP contribution in [0.3, 0.4) is 0 Å². The molecular formula is C12H17ClO2. The van der Waals surface area contributed by atoms with Crippen LogP contribution in [0.15, 0.2) is 24.3 Å². The zero-order chi connectivity index (χ0) is 11.3. The van der Waals surface area contributed by atoms with Gasteiger partial charge >= 0.3 is 0 Å². The second-order valence-electron chi connectivity index (χ2n) is 3.68. The van der Waals surface area contributed by atoms with Gasteiger partial charge < -0.3 is 10.2 Å². The lowest BCUT2D eigenvalue weighted by Crippen LogP contribution is -2.18. The maximum Gasteiger partial charge on any atom is 0.106 e. The Morgan fingerprint density at radius 1 is 1.27 bits per heavy atom. The average Bonchev–Trinajstić information content (AvgIpc) is 2.25. The second kappa shape index (κ2) is 6.11. The molecule has 2 N–H and O–H groups in total. The summed E-state index contributed by atoms with van der Waals surface area (Å²) in [4.78, 5) is 0. The molecule has 0 fully saturated rings. The van der Waals surface area contributed by atoms with E-state index >= 15 is 0 Å². The molecule has 1 unspecified atom stereocenters. The van der Waals surface area contributed by atoms with E-state index < -0.39 is 12.2 Å². The molecule has 0 spiro atoms. The van der Waals surface area contributed by atoms with E-state index in [1.54, 1.807) is 24.3 Å². The maximum atomic E-state index is 9.86. The third kappa shape index (κ3) is 3.49. The van der Waals surface area contributed by atoms with Gasteiger partial charge in [0.1, 0.15) is 6.10 Å². The molecular weight excluding hydrogens is 212 g/mol. The minimum Gasteiger partial charge on any atom is -0.390 e. The molecule has 1 rings (SSSR count). The number of unbranched alkanes of at least 4 members (excludes halogenated alkanes) is 1. The van der Waals surface area contributed by atoms with E-state index in [-0.39, 0.29) is 0 Å². The van der Waals surface area contributed by atoms with Gasteiger partial charge in [0, 0.05) is 10.6 Å². The predicted octanol–water partition coefficient (Wildman–Crippen LogP) is 2.92. The van der Waals surface area contributed by atoms with Crippen LogP contribution in [0.5, 0.6) is 0 Å². The number of hydrogen-bond donors (Lipinski definition) is 2. The largest absolute Gasteiger partial charge is 0.390 e. The second-order valence-corrected chi connectivity index (χ2v) is 4.08. The highest BCUT2D eigenvalue weighted by molar-refractivity contribution is 6.31. The van der Waals surface area contributed by atoms with Crippen molar-refractivity contribution in [2.75, 3.05) is 0 Å². The molecule has 0 bridgehead atoms. The molecule has 1 aromatic rings. The fourth-order valence-electron chi connectivity index (χ4n) is 1.49. The summed E-state index contributed by atoms with van der Waals surface area (Å²) in [7, 11) is 0. The topological polar surface area (TPSA) is 40.5 Å². The van der Waals surface area contributed by atoms with Gasteiger partial charge in [-0.05, 0) is 12.5 Å². The van der Waals surface area contributed by atoms with Crippen LogP contribution in [0.25, 0.3) is 0 Å². The summed E-state index contributed by atoms with van der Waals surface area (Å²) in [5, 5.41) is 20.1. The number of aliphatic hydroxyl groups is 2. The fraction of sp³-hybridized carbons (Fsp3) is 0.500. The van der Waals surface area contributed by atoms with E-state index in [0.29, 0.717) is 17.0 Å². The van der Waals surface area contributed by atoms with Gasteiger partial charge in [0.05, 0.1) is 6.10 Å². The van der Waals surface area contributed by atoms with Gasteiger partial charge in [-0.25, -0.2) is 0 Å². The molecule has 2 atom stereocenters. The molecule has 0 saturated heterocycles. The van der Waals surface area contributed by atoms with Crippen molar-refractivity contribution in [2.45, 2.75) is 38.4 Å². The van der Waals surface area contributed by atoms with Crippen LogP contribution in [0.4, 0.5) is 0 Å². The first-order chi connectivity index (χ1) is 7.16. The van der Waals surface area contributed by atoms with Gasteiger partial charge in [-0.1, -0.05) is 49.6 Å². The van der Waals surface area contributed by atoms with Crippen LogP contribution >= 0.6 is 11.6 Å². The van der Waals surface area contributed by atoms with Crippen LogP contribution in [0, 0.1) is 0 Å². The minimum atomic E-state index is -0.884. The minimum absolute atomic E-state index is 0.501. The van der Waals surface area contributed by atoms with Gasteiger partial charge in [0.15, 0.2) is 0 Å². The van der Waals surface area contributed by atoms with Crippen molar-refractivity contribution in [3.05, 3.63) is 34.9 Å². The van der Waals surface area contributed by atoms with Gasteiger partial charge in [-0.3, -0.25) is 0 Å². The van der Waals surface area contributed by atoms with Gasteiger partial charge in [0.2, 0.25) is 0 Å². The Labute approximate surface area is 95.5 Å². The number of halogens is 1. The summed E-state index contributed by atoms with van der Waals surface area (Å²) < 4.78 is 0. The molecule has 0 aromatic heterocycles. The Bertz CT molecular complexity index is 301. The third-order valence-corrected chi connectivity index (χ3v) is 2.79. The fourth-order valence-corrected chi connectivity index (χ4v) is 1.74. The first-order valence-electron chi connectivity index (χ1n) is 5.27. The molecule has 0 aliphatic heterocycles. The summed E-state index contributed by atoms with van der Waals surface area (Å²) in [5.74, 6) is 0. The standard InChI is InChI=1S/C12H17ClO2/c1-2-3-8-11(14)12(15)9-6-4-5-7-10(9)13/h4-7,11-12,14-15H,2-3,8H2,1H3/t11?,12-/m1/s1. The van der Waals surface area contributed by atoms with E-state index in [9.17, 15) is 10.2 Å². The highest BCUT2D eigenvalue weighted by Crippen LogP contribution is 2.26. The summed E-state index contributed by atoms with van der Waals surface area (Å²) in [6.07, 6.45) is 0.896. The summed E-state index contributed by atoms with van der Waals surface area (Å²) >= 11 is 5.93. The van der Waals surface area contributed by atoms with Crippen molar-refractivity contribution in [1.29, 1.82) is 0 Å². The predicted molar refractivity (Wildman–Crippen MR) is 61.9 cm³/mol. The molecule has 0 radical (unpaired) electrons. The van der Waals surface area contributed by atoms with Crippen molar-refractivity contribution < 1.29 is 10.2 Å². The Balaban J connectivity index is 2.67. The molecule has 15 heavy (non-hydrogen) atoms. The summed E-state index contributed by atoms with van der Waals surface area (Å²) in [6.45, 7) is 2.05. The Kier molecular flexibility index (Phi) is 5.09. The monoisotopic (exact) mass is 228 g/mol. The van der Waals surface area contributed by atoms with Gasteiger partial charge in [-0.15, -0.1) is 0 Å².